The fourth-order valence-electron chi connectivity index (χ4n) is 3.53. The zero-order valence-corrected chi connectivity index (χ0v) is 17.6. The largest absolute Gasteiger partial charge is 0.338 e. The van der Waals surface area contributed by atoms with E-state index in [-0.39, 0.29) is 41.9 Å². The molecule has 9 heteroatoms. The molecule has 0 saturated carbocycles. The smallest absolute Gasteiger partial charge is 0.319 e. The number of hydrogen-bond donors (Lipinski definition) is 2. The van der Waals surface area contributed by atoms with Gasteiger partial charge in [-0.1, -0.05) is 32.0 Å². The maximum atomic E-state index is 12.5. The number of amides is 4. The lowest BCUT2D eigenvalue weighted by molar-refractivity contribution is -0.384. The summed E-state index contributed by atoms with van der Waals surface area (Å²) in [5, 5.41) is 16.5. The van der Waals surface area contributed by atoms with E-state index in [1.54, 1.807) is 0 Å². The zero-order valence-electron chi connectivity index (χ0n) is 17.6. The van der Waals surface area contributed by atoms with Gasteiger partial charge < -0.3 is 10.6 Å². The van der Waals surface area contributed by atoms with Gasteiger partial charge in [-0.05, 0) is 36.5 Å². The number of aryl methyl sites for hydroxylation is 1. The first-order valence-electron chi connectivity index (χ1n) is 9.99. The lowest BCUT2D eigenvalue weighted by atomic mass is 9.98. The third-order valence-electron chi connectivity index (χ3n) is 5.17. The summed E-state index contributed by atoms with van der Waals surface area (Å²) in [6.07, 6.45) is 0.353. The van der Waals surface area contributed by atoms with Crippen molar-refractivity contribution in [2.75, 3.05) is 18.4 Å². The minimum atomic E-state index is -0.609. The molecule has 31 heavy (non-hydrogen) atoms. The van der Waals surface area contributed by atoms with Crippen molar-refractivity contribution in [2.45, 2.75) is 33.1 Å². The van der Waals surface area contributed by atoms with Crippen LogP contribution in [0.5, 0.6) is 0 Å². The molecule has 2 aromatic carbocycles. The number of imide groups is 1. The van der Waals surface area contributed by atoms with E-state index in [4.69, 9.17) is 0 Å². The van der Waals surface area contributed by atoms with Gasteiger partial charge in [0.05, 0.1) is 16.1 Å². The molecule has 2 aromatic rings. The molecular weight excluding hydrogens is 400 g/mol. The molecule has 0 bridgehead atoms. The monoisotopic (exact) mass is 424 g/mol. The van der Waals surface area contributed by atoms with Crippen LogP contribution in [0.15, 0.2) is 36.4 Å². The number of rotatable bonds is 7. The van der Waals surface area contributed by atoms with Crippen LogP contribution in [-0.2, 0) is 0 Å². The van der Waals surface area contributed by atoms with E-state index in [1.165, 1.54) is 12.1 Å². The van der Waals surface area contributed by atoms with Crippen molar-refractivity contribution < 1.29 is 19.3 Å². The Morgan fingerprint density at radius 1 is 1.13 bits per heavy atom. The fraction of sp³-hybridized carbons (Fsp3) is 0.318. The molecule has 0 atom stereocenters. The Bertz CT molecular complexity index is 1060. The molecule has 0 aromatic heterocycles. The Morgan fingerprint density at radius 2 is 1.84 bits per heavy atom. The van der Waals surface area contributed by atoms with Crippen LogP contribution in [0.3, 0.4) is 0 Å². The molecule has 1 aliphatic heterocycles. The number of urea groups is 1. The Labute approximate surface area is 179 Å². The standard InChI is InChI=1S/C22H24N4O5/c1-13(2)16-7-4-6-14(3)19(16)24-22(29)23-10-5-11-25-20(27)17-9-8-15(26(30)31)12-18(17)21(25)28/h4,6-9,12-13H,5,10-11H2,1-3H3,(H2,23,24,29). The number of nitrogens with zero attached hydrogens (tertiary/aromatic N) is 2. The van der Waals surface area contributed by atoms with E-state index < -0.39 is 16.7 Å². The van der Waals surface area contributed by atoms with Crippen LogP contribution in [0, 0.1) is 17.0 Å². The normalized spacial score (nSPS) is 12.8. The fourth-order valence-corrected chi connectivity index (χ4v) is 3.53. The lowest BCUT2D eigenvalue weighted by Gasteiger charge is -2.17. The maximum absolute atomic E-state index is 12.5. The third-order valence-corrected chi connectivity index (χ3v) is 5.17. The number of benzene rings is 2. The minimum Gasteiger partial charge on any atom is -0.338 e. The predicted octanol–water partition coefficient (Wildman–Crippen LogP) is 3.83. The molecule has 1 heterocycles. The molecule has 0 aliphatic carbocycles. The highest BCUT2D eigenvalue weighted by Gasteiger charge is 2.36. The number of nitro groups is 1. The highest BCUT2D eigenvalue weighted by atomic mass is 16.6. The quantitative estimate of drug-likeness (QED) is 0.303. The zero-order chi connectivity index (χ0) is 22.7. The molecule has 9 nitrogen and oxygen atoms in total. The summed E-state index contributed by atoms with van der Waals surface area (Å²) in [6.45, 7) is 6.38. The molecule has 0 unspecified atom stereocenters. The summed E-state index contributed by atoms with van der Waals surface area (Å²) in [6, 6.07) is 9.10. The second-order valence-electron chi connectivity index (χ2n) is 7.68. The highest BCUT2D eigenvalue weighted by molar-refractivity contribution is 6.21. The van der Waals surface area contributed by atoms with Crippen LogP contribution in [0.25, 0.3) is 0 Å². The Kier molecular flexibility index (Phi) is 6.33. The van der Waals surface area contributed by atoms with Crippen molar-refractivity contribution in [3.8, 4) is 0 Å². The van der Waals surface area contributed by atoms with E-state index in [0.717, 1.165) is 27.8 Å². The maximum Gasteiger partial charge on any atom is 0.319 e. The van der Waals surface area contributed by atoms with Crippen molar-refractivity contribution >= 4 is 29.2 Å². The number of fused-ring (bicyclic) bond motifs is 1. The molecule has 4 amide bonds. The second-order valence-corrected chi connectivity index (χ2v) is 7.68. The molecule has 3 rings (SSSR count). The summed E-state index contributed by atoms with van der Waals surface area (Å²) >= 11 is 0. The van der Waals surface area contributed by atoms with Crippen LogP contribution in [0.1, 0.15) is 58.0 Å². The van der Waals surface area contributed by atoms with E-state index >= 15 is 0 Å². The Morgan fingerprint density at radius 3 is 2.52 bits per heavy atom. The third kappa shape index (κ3) is 4.55. The number of carbonyl (C=O) groups is 3. The first-order chi connectivity index (χ1) is 14.7. The number of anilines is 1. The van der Waals surface area contributed by atoms with Gasteiger partial charge in [-0.3, -0.25) is 24.6 Å². The van der Waals surface area contributed by atoms with E-state index in [1.807, 2.05) is 25.1 Å². The predicted molar refractivity (Wildman–Crippen MR) is 115 cm³/mol. The average Bonchev–Trinajstić information content (AvgIpc) is 2.96. The molecule has 0 saturated heterocycles. The van der Waals surface area contributed by atoms with Crippen molar-refractivity contribution in [3.05, 3.63) is 68.8 Å². The van der Waals surface area contributed by atoms with E-state index in [0.29, 0.717) is 6.42 Å². The first-order valence-corrected chi connectivity index (χ1v) is 9.99. The van der Waals surface area contributed by atoms with Crippen LogP contribution in [0.2, 0.25) is 0 Å². The van der Waals surface area contributed by atoms with Gasteiger partial charge in [0.25, 0.3) is 17.5 Å². The minimum absolute atomic E-state index is 0.0330. The van der Waals surface area contributed by atoms with Gasteiger partial charge in [0.15, 0.2) is 0 Å². The van der Waals surface area contributed by atoms with Crippen molar-refractivity contribution in [3.63, 3.8) is 0 Å². The van der Waals surface area contributed by atoms with Crippen LogP contribution < -0.4 is 10.6 Å². The number of para-hydroxylation sites is 1. The van der Waals surface area contributed by atoms with Crippen LogP contribution >= 0.6 is 0 Å². The summed E-state index contributed by atoms with van der Waals surface area (Å²) in [4.78, 5) is 48.6. The summed E-state index contributed by atoms with van der Waals surface area (Å²) < 4.78 is 0. The number of hydrogen-bond acceptors (Lipinski definition) is 5. The molecule has 162 valence electrons. The van der Waals surface area contributed by atoms with Gasteiger partial charge in [-0.2, -0.15) is 0 Å². The molecule has 0 fully saturated rings. The van der Waals surface area contributed by atoms with Crippen molar-refractivity contribution in [2.24, 2.45) is 0 Å². The topological polar surface area (TPSA) is 122 Å². The van der Waals surface area contributed by atoms with Crippen molar-refractivity contribution in [1.29, 1.82) is 0 Å². The lowest BCUT2D eigenvalue weighted by Crippen LogP contribution is -2.35. The van der Waals surface area contributed by atoms with Gasteiger partial charge in [-0.15, -0.1) is 0 Å². The first kappa shape index (κ1) is 21.9. The average molecular weight is 424 g/mol. The van der Waals surface area contributed by atoms with E-state index in [2.05, 4.69) is 24.5 Å². The Balaban J connectivity index is 1.55. The van der Waals surface area contributed by atoms with Gasteiger partial charge in [0, 0.05) is 30.9 Å². The molecule has 2 N–H and O–H groups in total. The summed E-state index contributed by atoms with van der Waals surface area (Å²) in [5.41, 5.74) is 2.72. The van der Waals surface area contributed by atoms with Crippen LogP contribution in [0.4, 0.5) is 16.2 Å². The number of non-ortho nitro benzene ring substituents is 1. The van der Waals surface area contributed by atoms with Gasteiger partial charge in [0.1, 0.15) is 0 Å². The summed E-state index contributed by atoms with van der Waals surface area (Å²) in [5.74, 6) is -0.796. The van der Waals surface area contributed by atoms with Gasteiger partial charge in [0.2, 0.25) is 0 Å². The van der Waals surface area contributed by atoms with E-state index in [9.17, 15) is 24.5 Å². The van der Waals surface area contributed by atoms with Crippen molar-refractivity contribution in [1.82, 2.24) is 10.2 Å². The van der Waals surface area contributed by atoms with Gasteiger partial charge in [-0.25, -0.2) is 4.79 Å². The second kappa shape index (κ2) is 8.95. The van der Waals surface area contributed by atoms with Crippen LogP contribution in [-0.4, -0.2) is 40.8 Å². The molecule has 0 radical (unpaired) electrons. The number of carbonyl (C=O) groups excluding carboxylic acids is 3. The SMILES string of the molecule is Cc1cccc(C(C)C)c1NC(=O)NCCCN1C(=O)c2ccc([N+](=O)[O-])cc2C1=O. The van der Waals surface area contributed by atoms with Gasteiger partial charge >= 0.3 is 6.03 Å². The highest BCUT2D eigenvalue weighted by Crippen LogP contribution is 2.28. The number of nitro benzene ring substituents is 1. The Hall–Kier alpha value is -3.75. The molecule has 1 aliphatic rings. The number of nitrogens with one attached hydrogen (secondary N) is 2. The molecular formula is C22H24N4O5. The molecule has 0 spiro atoms. The summed E-state index contributed by atoms with van der Waals surface area (Å²) in [7, 11) is 0.